The molecule has 2 aliphatic heterocycles. The Hall–Kier alpha value is -2.24. The molecule has 0 spiro atoms. The topological polar surface area (TPSA) is 46.8 Å². The molecule has 0 aromatic heterocycles. The molecule has 0 radical (unpaired) electrons. The van der Waals surface area contributed by atoms with Gasteiger partial charge < -0.3 is 23.8 Å². The summed E-state index contributed by atoms with van der Waals surface area (Å²) in [7, 11) is 1.65. The number of epoxide rings is 2. The van der Waals surface area contributed by atoms with E-state index in [1.165, 1.54) is 5.69 Å². The highest BCUT2D eigenvalue weighted by Gasteiger charge is 2.30. The Kier molecular flexibility index (Phi) is 4.28. The molecule has 2 unspecified atom stereocenters. The maximum absolute atomic E-state index is 5.89. The van der Waals surface area contributed by atoms with Crippen LogP contribution in [0.4, 0.5) is 5.69 Å². The van der Waals surface area contributed by atoms with Crippen molar-refractivity contribution in [2.24, 2.45) is 0 Å². The maximum atomic E-state index is 5.89. The lowest BCUT2D eigenvalue weighted by Crippen LogP contribution is -2.31. The molecule has 0 aliphatic carbocycles. The summed E-state index contributed by atoms with van der Waals surface area (Å²) in [5.74, 6) is 2.35. The normalized spacial score (nSPS) is 21.2. The molecule has 2 aliphatic rings. The van der Waals surface area contributed by atoms with Crippen LogP contribution in [0.3, 0.4) is 0 Å². The second-order valence-corrected chi connectivity index (χ2v) is 6.09. The summed E-state index contributed by atoms with van der Waals surface area (Å²) in [5, 5.41) is 0. The fourth-order valence-corrected chi connectivity index (χ4v) is 2.65. The van der Waals surface area contributed by atoms with Crippen molar-refractivity contribution in [2.75, 3.05) is 38.3 Å². The van der Waals surface area contributed by atoms with E-state index in [-0.39, 0.29) is 0 Å². The third-order valence-corrected chi connectivity index (χ3v) is 4.13. The van der Waals surface area contributed by atoms with Crippen molar-refractivity contribution in [1.82, 2.24) is 0 Å². The van der Waals surface area contributed by atoms with Gasteiger partial charge in [-0.15, -0.1) is 0 Å². The zero-order valence-electron chi connectivity index (χ0n) is 13.7. The number of hydrogen-bond acceptors (Lipinski definition) is 5. The van der Waals surface area contributed by atoms with Gasteiger partial charge in [-0.1, -0.05) is 6.07 Å². The minimum absolute atomic E-state index is 0.358. The van der Waals surface area contributed by atoms with E-state index in [1.807, 2.05) is 36.4 Å². The highest BCUT2D eigenvalue weighted by molar-refractivity contribution is 5.50. The van der Waals surface area contributed by atoms with E-state index in [4.69, 9.17) is 18.9 Å². The van der Waals surface area contributed by atoms with Gasteiger partial charge in [0.25, 0.3) is 0 Å². The summed E-state index contributed by atoms with van der Waals surface area (Å²) < 4.78 is 21.8. The fourth-order valence-electron chi connectivity index (χ4n) is 2.65. The van der Waals surface area contributed by atoms with Crippen LogP contribution in [0, 0.1) is 0 Å². The van der Waals surface area contributed by atoms with Crippen LogP contribution >= 0.6 is 0 Å². The van der Waals surface area contributed by atoms with Crippen molar-refractivity contribution >= 4 is 5.69 Å². The van der Waals surface area contributed by atoms with Crippen molar-refractivity contribution in [3.05, 3.63) is 48.5 Å². The van der Waals surface area contributed by atoms with E-state index in [9.17, 15) is 0 Å². The fraction of sp³-hybridized carbons (Fsp3) is 0.368. The molecule has 2 saturated heterocycles. The molecule has 2 atom stereocenters. The molecule has 2 heterocycles. The number of nitrogens with zero attached hydrogens (tertiary/aromatic N) is 1. The second kappa shape index (κ2) is 6.71. The van der Waals surface area contributed by atoms with Crippen LogP contribution in [0.15, 0.2) is 48.5 Å². The van der Waals surface area contributed by atoms with Gasteiger partial charge in [-0.25, -0.2) is 0 Å². The van der Waals surface area contributed by atoms with Crippen molar-refractivity contribution < 1.29 is 18.9 Å². The van der Waals surface area contributed by atoms with E-state index in [2.05, 4.69) is 17.0 Å². The number of hydrogen-bond donors (Lipinski definition) is 0. The van der Waals surface area contributed by atoms with Crippen molar-refractivity contribution in [3.63, 3.8) is 0 Å². The van der Waals surface area contributed by atoms with Crippen molar-refractivity contribution in [1.29, 1.82) is 0 Å². The summed E-state index contributed by atoms with van der Waals surface area (Å²) in [4.78, 5) is 2.32. The maximum Gasteiger partial charge on any atom is 0.131 e. The van der Waals surface area contributed by atoms with E-state index < -0.39 is 0 Å². The Labute approximate surface area is 141 Å². The summed E-state index contributed by atoms with van der Waals surface area (Å²) in [6, 6.07) is 15.7. The first-order valence-corrected chi connectivity index (χ1v) is 8.20. The summed E-state index contributed by atoms with van der Waals surface area (Å²) in [5.41, 5.74) is 1.17. The molecular weight excluding hydrogens is 306 g/mol. The number of rotatable bonds is 8. The molecule has 2 fully saturated rings. The van der Waals surface area contributed by atoms with Crippen LogP contribution in [0.25, 0.3) is 0 Å². The monoisotopic (exact) mass is 327 g/mol. The van der Waals surface area contributed by atoms with E-state index >= 15 is 0 Å². The smallest absolute Gasteiger partial charge is 0.131 e. The van der Waals surface area contributed by atoms with Crippen molar-refractivity contribution in [2.45, 2.75) is 12.2 Å². The van der Waals surface area contributed by atoms with Crippen molar-refractivity contribution in [3.8, 4) is 17.2 Å². The molecule has 0 bridgehead atoms. The molecule has 0 amide bonds. The highest BCUT2D eigenvalue weighted by Crippen LogP contribution is 2.28. The first kappa shape index (κ1) is 15.3. The third-order valence-electron chi connectivity index (χ3n) is 4.13. The van der Waals surface area contributed by atoms with Gasteiger partial charge in [0.2, 0.25) is 0 Å². The molecule has 2 aromatic rings. The van der Waals surface area contributed by atoms with Crippen LogP contribution in [0.2, 0.25) is 0 Å². The average molecular weight is 327 g/mol. The van der Waals surface area contributed by atoms with Crippen LogP contribution in [0.1, 0.15) is 0 Å². The van der Waals surface area contributed by atoms with Crippen LogP contribution in [-0.2, 0) is 9.47 Å². The molecule has 0 N–H and O–H groups in total. The van der Waals surface area contributed by atoms with Crippen LogP contribution in [-0.4, -0.2) is 45.6 Å². The van der Waals surface area contributed by atoms with Gasteiger partial charge in [0.05, 0.1) is 32.5 Å². The Morgan fingerprint density at radius 1 is 0.917 bits per heavy atom. The van der Waals surface area contributed by atoms with Crippen LogP contribution in [0.5, 0.6) is 17.2 Å². The van der Waals surface area contributed by atoms with E-state index in [1.54, 1.807) is 7.11 Å². The Bertz CT molecular complexity index is 666. The summed E-state index contributed by atoms with van der Waals surface area (Å²) in [6.07, 6.45) is 0.716. The number of ether oxygens (including phenoxy) is 4. The van der Waals surface area contributed by atoms with Gasteiger partial charge in [-0.05, 0) is 36.4 Å². The van der Waals surface area contributed by atoms with Gasteiger partial charge in [0.1, 0.15) is 17.2 Å². The van der Waals surface area contributed by atoms with Crippen LogP contribution < -0.4 is 14.4 Å². The molecule has 24 heavy (non-hydrogen) atoms. The zero-order chi connectivity index (χ0) is 16.4. The van der Waals surface area contributed by atoms with Gasteiger partial charge in [-0.2, -0.15) is 0 Å². The minimum atomic E-state index is 0.358. The number of benzene rings is 2. The Morgan fingerprint density at radius 3 is 2.12 bits per heavy atom. The van der Waals surface area contributed by atoms with Gasteiger partial charge in [-0.3, -0.25) is 0 Å². The molecule has 126 valence electrons. The molecular formula is C19H21NO4. The van der Waals surface area contributed by atoms with Gasteiger partial charge in [0.15, 0.2) is 0 Å². The van der Waals surface area contributed by atoms with E-state index in [0.717, 1.165) is 43.6 Å². The van der Waals surface area contributed by atoms with Gasteiger partial charge >= 0.3 is 0 Å². The zero-order valence-corrected chi connectivity index (χ0v) is 13.7. The lowest BCUT2D eigenvalue weighted by molar-refractivity contribution is 0.389. The average Bonchev–Trinajstić information content (AvgIpc) is 3.51. The largest absolute Gasteiger partial charge is 0.497 e. The summed E-state index contributed by atoms with van der Waals surface area (Å²) >= 11 is 0. The Morgan fingerprint density at radius 2 is 1.54 bits per heavy atom. The minimum Gasteiger partial charge on any atom is -0.497 e. The molecule has 5 heteroatoms. The first-order valence-electron chi connectivity index (χ1n) is 8.20. The predicted octanol–water partition coefficient (Wildman–Crippen LogP) is 3.09. The second-order valence-electron chi connectivity index (χ2n) is 6.09. The summed E-state index contributed by atoms with van der Waals surface area (Å²) in [6.45, 7) is 3.55. The van der Waals surface area contributed by atoms with Gasteiger partial charge in [0, 0.05) is 24.8 Å². The Balaban J connectivity index is 1.44. The SMILES string of the molecule is COc1cccc(Oc2ccc(N(CC3CO3)CC3CO3)cc2)c1. The predicted molar refractivity (Wildman–Crippen MR) is 91.2 cm³/mol. The quantitative estimate of drug-likeness (QED) is 0.697. The highest BCUT2D eigenvalue weighted by atomic mass is 16.6. The standard InChI is InChI=1S/C19H21NO4/c1-21-16-3-2-4-17(9-16)24-15-7-5-14(6-8-15)20(10-18-12-22-18)11-19-13-23-19/h2-9,18-19H,10-13H2,1H3. The van der Waals surface area contributed by atoms with E-state index in [0.29, 0.717) is 12.2 Å². The third kappa shape index (κ3) is 3.99. The first-order chi connectivity index (χ1) is 11.8. The molecule has 0 saturated carbocycles. The molecule has 5 nitrogen and oxygen atoms in total. The lowest BCUT2D eigenvalue weighted by atomic mass is 10.2. The molecule has 2 aromatic carbocycles. The number of anilines is 1. The molecule has 4 rings (SSSR count). The lowest BCUT2D eigenvalue weighted by Gasteiger charge is -2.23. The number of methoxy groups -OCH3 is 1.